The number of Topliss-reactive ketones (excluding diaryl/α,β-unsaturated/α-hetero) is 1. The van der Waals surface area contributed by atoms with E-state index in [-0.39, 0.29) is 12.0 Å². The quantitative estimate of drug-likeness (QED) is 0.588. The van der Waals surface area contributed by atoms with Crippen molar-refractivity contribution in [1.82, 2.24) is 0 Å². The molecule has 0 aliphatic rings. The molecule has 70 valence electrons. The maximum Gasteiger partial charge on any atom is 0.166 e. The Morgan fingerprint density at radius 3 is 2.69 bits per heavy atom. The Balaban J connectivity index is 2.99. The SMILES string of the molecule is O=C(CCS)c1cc(F)ccc1F. The Morgan fingerprint density at radius 1 is 1.38 bits per heavy atom. The molecule has 0 fully saturated rings. The standard InChI is InChI=1S/C9H8F2OS/c10-6-1-2-8(11)7(5-6)9(12)3-4-13/h1-2,5,13H,3-4H2. The van der Waals surface area contributed by atoms with E-state index in [0.717, 1.165) is 18.2 Å². The zero-order chi connectivity index (χ0) is 9.84. The second kappa shape index (κ2) is 4.37. The van der Waals surface area contributed by atoms with Crippen LogP contribution in [0.25, 0.3) is 0 Å². The average Bonchev–Trinajstić information content (AvgIpc) is 2.09. The molecule has 0 N–H and O–H groups in total. The van der Waals surface area contributed by atoms with Gasteiger partial charge in [-0.05, 0) is 24.0 Å². The second-order valence-electron chi connectivity index (χ2n) is 2.52. The molecule has 0 atom stereocenters. The third-order valence-corrected chi connectivity index (χ3v) is 1.79. The van der Waals surface area contributed by atoms with Crippen molar-refractivity contribution in [2.75, 3.05) is 5.75 Å². The van der Waals surface area contributed by atoms with Crippen LogP contribution in [-0.2, 0) is 0 Å². The zero-order valence-electron chi connectivity index (χ0n) is 6.76. The van der Waals surface area contributed by atoms with E-state index < -0.39 is 17.4 Å². The molecule has 1 aromatic carbocycles. The molecule has 1 aromatic rings. The fourth-order valence-corrected chi connectivity index (χ4v) is 1.15. The Morgan fingerprint density at radius 2 is 2.08 bits per heavy atom. The largest absolute Gasteiger partial charge is 0.294 e. The van der Waals surface area contributed by atoms with E-state index >= 15 is 0 Å². The number of carbonyl (C=O) groups is 1. The summed E-state index contributed by atoms with van der Waals surface area (Å²) in [6.07, 6.45) is 0.115. The molecule has 0 aliphatic heterocycles. The molecule has 0 radical (unpaired) electrons. The van der Waals surface area contributed by atoms with Crippen LogP contribution in [0.2, 0.25) is 0 Å². The number of thiol groups is 1. The number of rotatable bonds is 3. The maximum absolute atomic E-state index is 12.9. The van der Waals surface area contributed by atoms with Gasteiger partial charge in [0.1, 0.15) is 11.6 Å². The van der Waals surface area contributed by atoms with Gasteiger partial charge in [0, 0.05) is 6.42 Å². The van der Waals surface area contributed by atoms with Crippen molar-refractivity contribution in [2.24, 2.45) is 0 Å². The van der Waals surface area contributed by atoms with Gasteiger partial charge in [0.15, 0.2) is 5.78 Å². The lowest BCUT2D eigenvalue weighted by Crippen LogP contribution is -2.03. The van der Waals surface area contributed by atoms with Gasteiger partial charge in [-0.2, -0.15) is 12.6 Å². The molecule has 0 aromatic heterocycles. The monoisotopic (exact) mass is 202 g/mol. The van der Waals surface area contributed by atoms with Crippen LogP contribution in [0, 0.1) is 11.6 Å². The summed E-state index contributed by atoms with van der Waals surface area (Å²) in [7, 11) is 0. The van der Waals surface area contributed by atoms with Gasteiger partial charge < -0.3 is 0 Å². The molecule has 0 bridgehead atoms. The van der Waals surface area contributed by atoms with Crippen LogP contribution in [0.15, 0.2) is 18.2 Å². The Kier molecular flexibility index (Phi) is 3.42. The van der Waals surface area contributed by atoms with Gasteiger partial charge in [-0.3, -0.25) is 4.79 Å². The van der Waals surface area contributed by atoms with E-state index in [9.17, 15) is 13.6 Å². The molecule has 0 amide bonds. The van der Waals surface area contributed by atoms with Crippen LogP contribution in [-0.4, -0.2) is 11.5 Å². The summed E-state index contributed by atoms with van der Waals surface area (Å²) in [5.41, 5.74) is -0.200. The van der Waals surface area contributed by atoms with Gasteiger partial charge in [0.05, 0.1) is 5.56 Å². The van der Waals surface area contributed by atoms with E-state index in [0.29, 0.717) is 5.75 Å². The first-order valence-corrected chi connectivity index (χ1v) is 4.37. The molecule has 0 saturated heterocycles. The molecule has 0 aliphatic carbocycles. The van der Waals surface area contributed by atoms with Crippen molar-refractivity contribution in [3.63, 3.8) is 0 Å². The number of hydrogen-bond donors (Lipinski definition) is 1. The van der Waals surface area contributed by atoms with Crippen molar-refractivity contribution in [3.8, 4) is 0 Å². The van der Waals surface area contributed by atoms with Crippen LogP contribution in [0.3, 0.4) is 0 Å². The minimum absolute atomic E-state index is 0.115. The number of hydrogen-bond acceptors (Lipinski definition) is 2. The first kappa shape index (κ1) is 10.2. The van der Waals surface area contributed by atoms with Crippen molar-refractivity contribution >= 4 is 18.4 Å². The van der Waals surface area contributed by atoms with Gasteiger partial charge in [-0.1, -0.05) is 0 Å². The number of ketones is 1. The van der Waals surface area contributed by atoms with Crippen molar-refractivity contribution in [3.05, 3.63) is 35.4 Å². The summed E-state index contributed by atoms with van der Waals surface area (Å²) in [4.78, 5) is 11.2. The average molecular weight is 202 g/mol. The highest BCUT2D eigenvalue weighted by molar-refractivity contribution is 7.80. The summed E-state index contributed by atoms with van der Waals surface area (Å²) in [5.74, 6) is -1.39. The lowest BCUT2D eigenvalue weighted by molar-refractivity contribution is 0.0985. The zero-order valence-corrected chi connectivity index (χ0v) is 7.65. The summed E-state index contributed by atoms with van der Waals surface area (Å²) in [6, 6.07) is 2.83. The number of benzene rings is 1. The summed E-state index contributed by atoms with van der Waals surface area (Å²) in [5, 5.41) is 0. The van der Waals surface area contributed by atoms with Crippen LogP contribution in [0.4, 0.5) is 8.78 Å². The number of halogens is 2. The van der Waals surface area contributed by atoms with Gasteiger partial charge in [-0.25, -0.2) is 8.78 Å². The molecule has 0 spiro atoms. The van der Waals surface area contributed by atoms with Crippen LogP contribution < -0.4 is 0 Å². The van der Waals surface area contributed by atoms with Crippen molar-refractivity contribution < 1.29 is 13.6 Å². The van der Waals surface area contributed by atoms with Crippen LogP contribution in [0.5, 0.6) is 0 Å². The lowest BCUT2D eigenvalue weighted by atomic mass is 10.1. The third-order valence-electron chi connectivity index (χ3n) is 1.57. The van der Waals surface area contributed by atoms with Crippen LogP contribution >= 0.6 is 12.6 Å². The maximum atomic E-state index is 12.9. The number of carbonyl (C=O) groups excluding carboxylic acids is 1. The summed E-state index contributed by atoms with van der Waals surface area (Å²) < 4.78 is 25.5. The molecular weight excluding hydrogens is 194 g/mol. The molecule has 0 saturated carbocycles. The molecular formula is C9H8F2OS. The molecule has 1 rings (SSSR count). The fourth-order valence-electron chi connectivity index (χ4n) is 0.947. The highest BCUT2D eigenvalue weighted by atomic mass is 32.1. The molecule has 0 unspecified atom stereocenters. The second-order valence-corrected chi connectivity index (χ2v) is 2.97. The van der Waals surface area contributed by atoms with E-state index in [1.54, 1.807) is 0 Å². The summed E-state index contributed by atoms with van der Waals surface area (Å²) >= 11 is 3.83. The predicted octanol–water partition coefficient (Wildman–Crippen LogP) is 2.47. The minimum Gasteiger partial charge on any atom is -0.294 e. The van der Waals surface area contributed by atoms with E-state index in [1.807, 2.05) is 0 Å². The smallest absolute Gasteiger partial charge is 0.166 e. The molecule has 13 heavy (non-hydrogen) atoms. The third kappa shape index (κ3) is 2.52. The van der Waals surface area contributed by atoms with Gasteiger partial charge in [0.25, 0.3) is 0 Å². The molecule has 4 heteroatoms. The normalized spacial score (nSPS) is 10.1. The fraction of sp³-hybridized carbons (Fsp3) is 0.222. The minimum atomic E-state index is -0.687. The Bertz CT molecular complexity index is 325. The first-order chi connectivity index (χ1) is 6.15. The van der Waals surface area contributed by atoms with E-state index in [1.165, 1.54) is 0 Å². The lowest BCUT2D eigenvalue weighted by Gasteiger charge is -2.00. The Hall–Kier alpha value is -0.900. The summed E-state index contributed by atoms with van der Waals surface area (Å²) in [6.45, 7) is 0. The van der Waals surface area contributed by atoms with Crippen LogP contribution in [0.1, 0.15) is 16.8 Å². The van der Waals surface area contributed by atoms with E-state index in [4.69, 9.17) is 0 Å². The highest BCUT2D eigenvalue weighted by Crippen LogP contribution is 2.11. The predicted molar refractivity (Wildman–Crippen MR) is 49.2 cm³/mol. The highest BCUT2D eigenvalue weighted by Gasteiger charge is 2.11. The van der Waals surface area contributed by atoms with Crippen molar-refractivity contribution in [1.29, 1.82) is 0 Å². The first-order valence-electron chi connectivity index (χ1n) is 3.74. The van der Waals surface area contributed by atoms with E-state index in [2.05, 4.69) is 12.6 Å². The van der Waals surface area contributed by atoms with Gasteiger partial charge >= 0.3 is 0 Å². The van der Waals surface area contributed by atoms with Crippen molar-refractivity contribution in [2.45, 2.75) is 6.42 Å². The Labute approximate surface area is 80.2 Å². The molecule has 1 nitrogen and oxygen atoms in total. The topological polar surface area (TPSA) is 17.1 Å². The van der Waals surface area contributed by atoms with Gasteiger partial charge in [-0.15, -0.1) is 0 Å². The molecule has 0 heterocycles. The van der Waals surface area contributed by atoms with Gasteiger partial charge in [0.2, 0.25) is 0 Å².